The maximum absolute atomic E-state index is 6.46. The standard InChI is InChI=1S/C81H63N3OSi/c1-81(2)71-35-15-13-34-70(71)80-72(81)36-21-38-74(80)84(64-29-10-7-11-30-64)76-51-62(63-47-60-24-12-16-37-73(60)82-53-63)50-75(79(76)61-28-20-32-67(49-61)86(3,4)5)83(66-31-19-27-58(48-66)57-26-18-25-56(46-57)54-22-8-6-9-23-54)65-43-40-55(41-44-65)59-42-45-69-68-33-14-17-39-77(68)85-78(69)52-59/h6-53H,1-5H3. The Morgan fingerprint density at radius 1 is 0.349 bits per heavy atom. The molecular weight excluding hydrogens is 1060 g/mol. The molecule has 0 unspecified atom stereocenters. The van der Waals surface area contributed by atoms with Gasteiger partial charge in [-0.2, -0.15) is 0 Å². The lowest BCUT2D eigenvalue weighted by molar-refractivity contribution is 0.660. The number of pyridine rings is 1. The number of hydrogen-bond donors (Lipinski definition) is 0. The number of aromatic nitrogens is 1. The van der Waals surface area contributed by atoms with E-state index in [1.807, 2.05) is 12.1 Å². The van der Waals surface area contributed by atoms with Gasteiger partial charge in [-0.25, -0.2) is 0 Å². The maximum atomic E-state index is 6.46. The van der Waals surface area contributed by atoms with Gasteiger partial charge in [0.2, 0.25) is 0 Å². The molecule has 412 valence electrons. The molecule has 0 saturated carbocycles. The Bertz CT molecular complexity index is 4900. The van der Waals surface area contributed by atoms with Gasteiger partial charge < -0.3 is 14.2 Å². The molecule has 0 bridgehead atoms. The van der Waals surface area contributed by atoms with Gasteiger partial charge >= 0.3 is 0 Å². The molecule has 0 fully saturated rings. The lowest BCUT2D eigenvalue weighted by Gasteiger charge is -2.35. The summed E-state index contributed by atoms with van der Waals surface area (Å²) in [7, 11) is -1.88. The predicted octanol–water partition coefficient (Wildman–Crippen LogP) is 22.3. The second-order valence-electron chi connectivity index (χ2n) is 24.4. The number of hydrogen-bond acceptors (Lipinski definition) is 4. The van der Waals surface area contributed by atoms with Crippen LogP contribution >= 0.6 is 0 Å². The maximum Gasteiger partial charge on any atom is 0.136 e. The van der Waals surface area contributed by atoms with E-state index in [-0.39, 0.29) is 5.41 Å². The first kappa shape index (κ1) is 52.5. The molecule has 0 spiro atoms. The molecule has 0 amide bonds. The Hall–Kier alpha value is -10.3. The van der Waals surface area contributed by atoms with E-state index < -0.39 is 8.07 Å². The van der Waals surface area contributed by atoms with Crippen molar-refractivity contribution in [2.24, 2.45) is 0 Å². The Morgan fingerprint density at radius 2 is 0.919 bits per heavy atom. The molecule has 2 aromatic heterocycles. The third-order valence-electron chi connectivity index (χ3n) is 17.6. The summed E-state index contributed by atoms with van der Waals surface area (Å²) in [6.07, 6.45) is 2.06. The third kappa shape index (κ3) is 9.29. The van der Waals surface area contributed by atoms with Gasteiger partial charge in [0.25, 0.3) is 0 Å². The molecule has 14 aromatic rings. The zero-order valence-corrected chi connectivity index (χ0v) is 50.0. The number of anilines is 6. The summed E-state index contributed by atoms with van der Waals surface area (Å²) in [5.74, 6) is 0. The molecule has 2 heterocycles. The number of rotatable bonds is 12. The summed E-state index contributed by atoms with van der Waals surface area (Å²) in [4.78, 5) is 10.2. The molecule has 0 atom stereocenters. The Morgan fingerprint density at radius 3 is 1.73 bits per heavy atom. The normalized spacial score (nSPS) is 12.6. The lowest BCUT2D eigenvalue weighted by Crippen LogP contribution is -2.37. The monoisotopic (exact) mass is 1120 g/mol. The molecule has 4 nitrogen and oxygen atoms in total. The SMILES string of the molecule is CC1(C)c2ccccc2-c2c(N(c3ccccc3)c3cc(-c4cnc5ccccc5c4)cc(N(c4ccc(-c5ccc6c(c5)oc5ccccc56)cc4)c4cccc(-c5cccc(-c6ccccc6)c5)c4)c3-c3cccc([Si](C)(C)C)c3)cccc21. The highest BCUT2D eigenvalue weighted by atomic mass is 28.3. The van der Waals surface area contributed by atoms with Gasteiger partial charge in [-0.05, 0) is 152 Å². The van der Waals surface area contributed by atoms with E-state index in [0.29, 0.717) is 0 Å². The number of benzene rings is 12. The van der Waals surface area contributed by atoms with Gasteiger partial charge in [-0.3, -0.25) is 4.98 Å². The molecule has 0 aliphatic heterocycles. The van der Waals surface area contributed by atoms with Gasteiger partial charge in [0.15, 0.2) is 0 Å². The molecule has 86 heavy (non-hydrogen) atoms. The summed E-state index contributed by atoms with van der Waals surface area (Å²) in [5, 5.41) is 4.70. The Labute approximate surface area is 504 Å². The van der Waals surface area contributed by atoms with Gasteiger partial charge in [0, 0.05) is 61.5 Å². The molecule has 0 radical (unpaired) electrons. The second kappa shape index (κ2) is 21.1. The van der Waals surface area contributed by atoms with E-state index in [1.165, 1.54) is 38.6 Å². The average Bonchev–Trinajstić information content (AvgIpc) is 3.11. The van der Waals surface area contributed by atoms with E-state index in [0.717, 1.165) is 111 Å². The fraction of sp³-hybridized carbons (Fsp3) is 0.0741. The van der Waals surface area contributed by atoms with Crippen LogP contribution in [0.25, 0.3) is 99.6 Å². The third-order valence-corrected chi connectivity index (χ3v) is 19.6. The minimum Gasteiger partial charge on any atom is -0.456 e. The quantitative estimate of drug-likeness (QED) is 0.114. The fourth-order valence-electron chi connectivity index (χ4n) is 13.2. The highest BCUT2D eigenvalue weighted by Gasteiger charge is 2.38. The van der Waals surface area contributed by atoms with Gasteiger partial charge in [0.1, 0.15) is 11.2 Å². The van der Waals surface area contributed by atoms with E-state index in [4.69, 9.17) is 9.40 Å². The van der Waals surface area contributed by atoms with Crippen molar-refractivity contribution in [3.05, 3.63) is 302 Å². The molecule has 1 aliphatic rings. The van der Waals surface area contributed by atoms with Crippen LogP contribution in [0.15, 0.2) is 296 Å². The summed E-state index contributed by atoms with van der Waals surface area (Å²) in [6.45, 7) is 12.1. The van der Waals surface area contributed by atoms with Crippen molar-refractivity contribution in [2.45, 2.75) is 38.9 Å². The van der Waals surface area contributed by atoms with Crippen LogP contribution < -0.4 is 15.0 Å². The molecule has 0 N–H and O–H groups in total. The van der Waals surface area contributed by atoms with Crippen LogP contribution in [0.5, 0.6) is 0 Å². The largest absolute Gasteiger partial charge is 0.456 e. The van der Waals surface area contributed by atoms with Gasteiger partial charge in [0.05, 0.1) is 30.7 Å². The first-order valence-corrected chi connectivity index (χ1v) is 33.3. The molecular formula is C81H63N3OSi. The van der Waals surface area contributed by atoms with Crippen molar-refractivity contribution >= 4 is 80.2 Å². The van der Waals surface area contributed by atoms with E-state index in [9.17, 15) is 0 Å². The summed E-state index contributed by atoms with van der Waals surface area (Å²) in [6, 6.07) is 105. The summed E-state index contributed by atoms with van der Waals surface area (Å²) < 4.78 is 6.46. The van der Waals surface area contributed by atoms with Crippen LogP contribution in [0.1, 0.15) is 25.0 Å². The van der Waals surface area contributed by atoms with Crippen LogP contribution in [0.4, 0.5) is 34.1 Å². The first-order chi connectivity index (χ1) is 42.0. The van der Waals surface area contributed by atoms with Crippen molar-refractivity contribution in [1.82, 2.24) is 4.98 Å². The number of para-hydroxylation sites is 3. The topological polar surface area (TPSA) is 32.5 Å². The first-order valence-electron chi connectivity index (χ1n) is 29.8. The Kier molecular flexibility index (Phi) is 12.9. The van der Waals surface area contributed by atoms with E-state index >= 15 is 0 Å². The van der Waals surface area contributed by atoms with Crippen LogP contribution in [0.2, 0.25) is 19.6 Å². The zero-order chi connectivity index (χ0) is 58.1. The number of nitrogens with zero attached hydrogens (tertiary/aromatic N) is 3. The highest BCUT2D eigenvalue weighted by molar-refractivity contribution is 6.88. The van der Waals surface area contributed by atoms with Crippen molar-refractivity contribution in [3.8, 4) is 66.8 Å². The van der Waals surface area contributed by atoms with Crippen LogP contribution in [0.3, 0.4) is 0 Å². The van der Waals surface area contributed by atoms with Crippen LogP contribution in [0, 0.1) is 0 Å². The molecule has 15 rings (SSSR count). The number of fused-ring (bicyclic) bond motifs is 7. The zero-order valence-electron chi connectivity index (χ0n) is 49.0. The highest BCUT2D eigenvalue weighted by Crippen LogP contribution is 2.57. The number of furan rings is 1. The second-order valence-corrected chi connectivity index (χ2v) is 29.4. The van der Waals surface area contributed by atoms with Crippen molar-refractivity contribution < 1.29 is 4.42 Å². The van der Waals surface area contributed by atoms with Gasteiger partial charge in [-0.1, -0.05) is 233 Å². The molecule has 12 aromatic carbocycles. The lowest BCUT2D eigenvalue weighted by atomic mass is 9.82. The Balaban J connectivity index is 1.04. The fourth-order valence-corrected chi connectivity index (χ4v) is 14.4. The molecule has 1 aliphatic carbocycles. The summed E-state index contributed by atoms with van der Waals surface area (Å²) in [5.41, 5.74) is 25.0. The van der Waals surface area contributed by atoms with Gasteiger partial charge in [-0.15, -0.1) is 0 Å². The minimum absolute atomic E-state index is 0.227. The smallest absolute Gasteiger partial charge is 0.136 e. The molecule has 5 heteroatoms. The van der Waals surface area contributed by atoms with Crippen molar-refractivity contribution in [3.63, 3.8) is 0 Å². The van der Waals surface area contributed by atoms with Crippen LogP contribution in [-0.2, 0) is 5.41 Å². The van der Waals surface area contributed by atoms with Crippen LogP contribution in [-0.4, -0.2) is 13.1 Å². The van der Waals surface area contributed by atoms with Crippen molar-refractivity contribution in [1.29, 1.82) is 0 Å². The van der Waals surface area contributed by atoms with E-state index in [2.05, 4.69) is 322 Å². The molecule has 0 saturated heterocycles. The summed E-state index contributed by atoms with van der Waals surface area (Å²) >= 11 is 0. The van der Waals surface area contributed by atoms with E-state index in [1.54, 1.807) is 0 Å². The van der Waals surface area contributed by atoms with Crippen molar-refractivity contribution in [2.75, 3.05) is 9.80 Å². The minimum atomic E-state index is -1.88. The average molecular weight is 1120 g/mol. The predicted molar refractivity (Wildman–Crippen MR) is 366 cm³/mol.